The molecule has 0 unspecified atom stereocenters. The number of aromatic amines is 1. The number of aromatic nitrogens is 2. The zero-order valence-electron chi connectivity index (χ0n) is 7.86. The van der Waals surface area contributed by atoms with Gasteiger partial charge in [0.15, 0.2) is 0 Å². The largest absolute Gasteiger partial charge is 0.330 e. The fourth-order valence-corrected chi connectivity index (χ4v) is 1.61. The maximum atomic E-state index is 11.6. The number of piperidine rings is 1. The van der Waals surface area contributed by atoms with Crippen molar-refractivity contribution in [2.45, 2.75) is 19.8 Å². The molecule has 2 heterocycles. The fourth-order valence-electron chi connectivity index (χ4n) is 1.61. The van der Waals surface area contributed by atoms with Gasteiger partial charge in [-0.3, -0.25) is 9.59 Å². The van der Waals surface area contributed by atoms with Gasteiger partial charge < -0.3 is 4.98 Å². The Morgan fingerprint density at radius 3 is 2.57 bits per heavy atom. The molecule has 2 amide bonds. The molecule has 0 radical (unpaired) electrons. The molecule has 14 heavy (non-hydrogen) atoms. The van der Waals surface area contributed by atoms with Crippen LogP contribution in [-0.2, 0) is 9.59 Å². The second-order valence-electron chi connectivity index (χ2n) is 3.55. The molecule has 1 aromatic heterocycles. The molecule has 0 saturated carbocycles. The summed E-state index contributed by atoms with van der Waals surface area (Å²) in [6.07, 6.45) is 3.93. The number of hydrogen-bond acceptors (Lipinski definition) is 3. The minimum atomic E-state index is -0.177. The van der Waals surface area contributed by atoms with Gasteiger partial charge in [-0.05, 0) is 5.92 Å². The van der Waals surface area contributed by atoms with Crippen LogP contribution in [0.3, 0.4) is 0 Å². The second-order valence-corrected chi connectivity index (χ2v) is 3.55. The molecule has 0 aromatic carbocycles. The standard InChI is InChI=1S/C9H11N3O2/c1-6-4-7(13)12(8(14)5-6)9-10-2-3-11-9/h2-3,6H,4-5H2,1H3,(H,10,11). The van der Waals surface area contributed by atoms with Crippen molar-refractivity contribution in [2.24, 2.45) is 5.92 Å². The van der Waals surface area contributed by atoms with E-state index in [0.717, 1.165) is 4.90 Å². The number of imidazole rings is 1. The van der Waals surface area contributed by atoms with Crippen molar-refractivity contribution in [1.82, 2.24) is 9.97 Å². The Morgan fingerprint density at radius 1 is 1.43 bits per heavy atom. The number of amides is 2. The zero-order chi connectivity index (χ0) is 10.1. The molecule has 0 spiro atoms. The van der Waals surface area contributed by atoms with Crippen LogP contribution in [0.25, 0.3) is 0 Å². The first kappa shape index (κ1) is 8.93. The molecule has 74 valence electrons. The van der Waals surface area contributed by atoms with Crippen molar-refractivity contribution in [3.05, 3.63) is 12.4 Å². The quantitative estimate of drug-likeness (QED) is 0.667. The minimum absolute atomic E-state index is 0.140. The van der Waals surface area contributed by atoms with E-state index in [1.807, 2.05) is 6.92 Å². The van der Waals surface area contributed by atoms with E-state index in [1.165, 1.54) is 6.20 Å². The first-order valence-corrected chi connectivity index (χ1v) is 4.53. The van der Waals surface area contributed by atoms with Crippen molar-refractivity contribution in [3.63, 3.8) is 0 Å². The molecule has 5 nitrogen and oxygen atoms in total. The first-order chi connectivity index (χ1) is 6.68. The van der Waals surface area contributed by atoms with E-state index in [0.29, 0.717) is 18.8 Å². The zero-order valence-corrected chi connectivity index (χ0v) is 7.86. The predicted octanol–water partition coefficient (Wildman–Crippen LogP) is 0.699. The number of nitrogens with one attached hydrogen (secondary N) is 1. The van der Waals surface area contributed by atoms with E-state index in [1.54, 1.807) is 6.20 Å². The summed E-state index contributed by atoms with van der Waals surface area (Å²) in [6, 6.07) is 0. The van der Waals surface area contributed by atoms with Gasteiger partial charge in [-0.1, -0.05) is 6.92 Å². The Hall–Kier alpha value is -1.65. The van der Waals surface area contributed by atoms with Crippen LogP contribution in [0.4, 0.5) is 5.95 Å². The lowest BCUT2D eigenvalue weighted by Crippen LogP contribution is -2.43. The highest BCUT2D eigenvalue weighted by molar-refractivity contribution is 6.15. The van der Waals surface area contributed by atoms with Crippen LogP contribution in [0, 0.1) is 5.92 Å². The van der Waals surface area contributed by atoms with Crippen molar-refractivity contribution in [3.8, 4) is 0 Å². The Kier molecular flexibility index (Phi) is 2.07. The normalized spacial score (nSPS) is 19.1. The third-order valence-corrected chi connectivity index (χ3v) is 2.24. The van der Waals surface area contributed by atoms with E-state index in [2.05, 4.69) is 9.97 Å². The number of rotatable bonds is 1. The molecule has 1 aromatic rings. The van der Waals surface area contributed by atoms with Crippen molar-refractivity contribution < 1.29 is 9.59 Å². The predicted molar refractivity (Wildman–Crippen MR) is 49.5 cm³/mol. The average Bonchev–Trinajstić information content (AvgIpc) is 2.54. The molecule has 0 aliphatic carbocycles. The summed E-state index contributed by atoms with van der Waals surface area (Å²) < 4.78 is 0. The second kappa shape index (κ2) is 3.25. The topological polar surface area (TPSA) is 66.1 Å². The number of hydrogen-bond donors (Lipinski definition) is 1. The Labute approximate surface area is 81.1 Å². The SMILES string of the molecule is CC1CC(=O)N(c2ncc[nH]2)C(=O)C1. The third kappa shape index (κ3) is 1.41. The fraction of sp³-hybridized carbons (Fsp3) is 0.444. The monoisotopic (exact) mass is 193 g/mol. The third-order valence-electron chi connectivity index (χ3n) is 2.24. The average molecular weight is 193 g/mol. The highest BCUT2D eigenvalue weighted by Gasteiger charge is 2.32. The Balaban J connectivity index is 2.27. The number of imide groups is 1. The van der Waals surface area contributed by atoms with Gasteiger partial charge in [0.2, 0.25) is 17.8 Å². The molecule has 1 saturated heterocycles. The van der Waals surface area contributed by atoms with E-state index < -0.39 is 0 Å². The van der Waals surface area contributed by atoms with Gasteiger partial charge in [0.25, 0.3) is 0 Å². The van der Waals surface area contributed by atoms with Gasteiger partial charge in [0.1, 0.15) is 0 Å². The lowest BCUT2D eigenvalue weighted by molar-refractivity contribution is -0.130. The summed E-state index contributed by atoms with van der Waals surface area (Å²) in [7, 11) is 0. The van der Waals surface area contributed by atoms with Gasteiger partial charge in [-0.25, -0.2) is 9.88 Å². The molecular weight excluding hydrogens is 182 g/mol. The van der Waals surface area contributed by atoms with Crippen molar-refractivity contribution >= 4 is 17.8 Å². The molecule has 1 aliphatic rings. The van der Waals surface area contributed by atoms with Crippen LogP contribution in [0.2, 0.25) is 0 Å². The smallest absolute Gasteiger partial charge is 0.236 e. The van der Waals surface area contributed by atoms with E-state index in [9.17, 15) is 9.59 Å². The van der Waals surface area contributed by atoms with E-state index in [4.69, 9.17) is 0 Å². The lowest BCUT2D eigenvalue weighted by Gasteiger charge is -2.25. The molecule has 1 aliphatic heterocycles. The molecule has 1 N–H and O–H groups in total. The number of carbonyl (C=O) groups is 2. The van der Waals surface area contributed by atoms with Crippen LogP contribution in [-0.4, -0.2) is 21.8 Å². The first-order valence-electron chi connectivity index (χ1n) is 4.53. The van der Waals surface area contributed by atoms with Gasteiger partial charge >= 0.3 is 0 Å². The number of nitrogens with zero attached hydrogens (tertiary/aromatic N) is 2. The maximum absolute atomic E-state index is 11.6. The molecule has 0 atom stereocenters. The van der Waals surface area contributed by atoms with E-state index in [-0.39, 0.29) is 17.7 Å². The van der Waals surface area contributed by atoms with Gasteiger partial charge in [-0.15, -0.1) is 0 Å². The van der Waals surface area contributed by atoms with Crippen LogP contribution >= 0.6 is 0 Å². The number of anilines is 1. The summed E-state index contributed by atoms with van der Waals surface area (Å²) in [5.41, 5.74) is 0. The van der Waals surface area contributed by atoms with Crippen LogP contribution in [0.15, 0.2) is 12.4 Å². The maximum Gasteiger partial charge on any atom is 0.236 e. The number of H-pyrrole nitrogens is 1. The Bertz CT molecular complexity index is 340. The summed E-state index contributed by atoms with van der Waals surface area (Å²) in [5, 5.41) is 0. The van der Waals surface area contributed by atoms with Gasteiger partial charge in [0, 0.05) is 25.2 Å². The van der Waals surface area contributed by atoms with Gasteiger partial charge in [0.05, 0.1) is 0 Å². The highest BCUT2D eigenvalue weighted by Crippen LogP contribution is 2.21. The number of carbonyl (C=O) groups excluding carboxylic acids is 2. The summed E-state index contributed by atoms with van der Waals surface area (Å²) >= 11 is 0. The van der Waals surface area contributed by atoms with Crippen LogP contribution < -0.4 is 4.90 Å². The molecule has 0 bridgehead atoms. The minimum Gasteiger partial charge on any atom is -0.330 e. The van der Waals surface area contributed by atoms with E-state index >= 15 is 0 Å². The van der Waals surface area contributed by atoms with Crippen LogP contribution in [0.1, 0.15) is 19.8 Å². The highest BCUT2D eigenvalue weighted by atomic mass is 16.2. The molecule has 5 heteroatoms. The summed E-state index contributed by atoms with van der Waals surface area (Å²) in [6.45, 7) is 1.90. The molecule has 2 rings (SSSR count). The lowest BCUT2D eigenvalue weighted by atomic mass is 9.98. The summed E-state index contributed by atoms with van der Waals surface area (Å²) in [5.74, 6) is 0.112. The van der Waals surface area contributed by atoms with Crippen molar-refractivity contribution in [2.75, 3.05) is 4.90 Å². The Morgan fingerprint density at radius 2 is 2.07 bits per heavy atom. The van der Waals surface area contributed by atoms with Crippen molar-refractivity contribution in [1.29, 1.82) is 0 Å². The molecular formula is C9H11N3O2. The van der Waals surface area contributed by atoms with Gasteiger partial charge in [-0.2, -0.15) is 0 Å². The summed E-state index contributed by atoms with van der Waals surface area (Å²) in [4.78, 5) is 30.9. The van der Waals surface area contributed by atoms with Crippen LogP contribution in [0.5, 0.6) is 0 Å². The molecule has 1 fully saturated rings.